The van der Waals surface area contributed by atoms with Gasteiger partial charge in [0.1, 0.15) is 5.69 Å². The number of nitrogens with one attached hydrogen (secondary N) is 2. The molecule has 0 atom stereocenters. The van der Waals surface area contributed by atoms with Gasteiger partial charge in [0.25, 0.3) is 11.8 Å². The Hall–Kier alpha value is -3.34. The molecule has 0 unspecified atom stereocenters. The number of rotatable bonds is 7. The third kappa shape index (κ3) is 5.17. The fourth-order valence-corrected chi connectivity index (χ4v) is 3.71. The molecule has 8 heteroatoms. The number of hydrogen-bond acceptors (Lipinski definition) is 4. The first kappa shape index (κ1) is 21.4. The average Bonchev–Trinajstić information content (AvgIpc) is 3.19. The highest BCUT2D eigenvalue weighted by molar-refractivity contribution is 7.18. The molecular formula is C22H19ClN4O2S. The maximum absolute atomic E-state index is 12.8. The lowest BCUT2D eigenvalue weighted by atomic mass is 10.1. The van der Waals surface area contributed by atoms with Crippen molar-refractivity contribution in [2.45, 2.75) is 13.3 Å². The molecular weight excluding hydrogens is 420 g/mol. The van der Waals surface area contributed by atoms with E-state index in [4.69, 9.17) is 18.2 Å². The summed E-state index contributed by atoms with van der Waals surface area (Å²) in [6, 6.07) is 17.1. The molecule has 6 nitrogen and oxygen atoms in total. The number of benzene rings is 2. The van der Waals surface area contributed by atoms with Crippen molar-refractivity contribution in [1.29, 1.82) is 0 Å². The minimum Gasteiger partial charge on any atom is -0.322 e. The van der Waals surface area contributed by atoms with Gasteiger partial charge in [0.05, 0.1) is 27.0 Å². The van der Waals surface area contributed by atoms with Crippen LogP contribution in [0.15, 0.2) is 60.7 Å². The summed E-state index contributed by atoms with van der Waals surface area (Å²) in [5, 5.41) is 7.17. The van der Waals surface area contributed by atoms with E-state index in [-0.39, 0.29) is 11.8 Å². The molecule has 30 heavy (non-hydrogen) atoms. The van der Waals surface area contributed by atoms with E-state index in [1.54, 1.807) is 65.7 Å². The molecule has 1 heterocycles. The molecule has 152 valence electrons. The van der Waals surface area contributed by atoms with E-state index in [1.807, 2.05) is 6.92 Å². The van der Waals surface area contributed by atoms with E-state index in [0.717, 1.165) is 12.1 Å². The number of nitrogens with zero attached hydrogens (tertiary/aromatic N) is 2. The van der Waals surface area contributed by atoms with Gasteiger partial charge in [-0.25, -0.2) is 0 Å². The Labute approximate surface area is 183 Å². The van der Waals surface area contributed by atoms with E-state index in [1.165, 1.54) is 11.3 Å². The lowest BCUT2D eigenvalue weighted by Gasteiger charge is -2.12. The number of hydrogen-bond donors (Lipinski definition) is 2. The van der Waals surface area contributed by atoms with Gasteiger partial charge in [-0.05, 0) is 55.0 Å². The van der Waals surface area contributed by atoms with Crippen LogP contribution in [0.3, 0.4) is 0 Å². The molecule has 0 aliphatic carbocycles. The Morgan fingerprint density at radius 1 is 1.03 bits per heavy atom. The number of carbonyl (C=O) groups is 2. The van der Waals surface area contributed by atoms with Crippen molar-refractivity contribution in [1.82, 2.24) is 0 Å². The molecule has 0 radical (unpaired) electrons. The number of anilines is 3. The Kier molecular flexibility index (Phi) is 7.07. The van der Waals surface area contributed by atoms with Crippen molar-refractivity contribution < 1.29 is 9.59 Å². The average molecular weight is 439 g/mol. The highest BCUT2D eigenvalue weighted by atomic mass is 35.5. The van der Waals surface area contributed by atoms with Gasteiger partial charge in [0.2, 0.25) is 0 Å². The maximum Gasteiger partial charge on any atom is 0.265 e. The quantitative estimate of drug-likeness (QED) is 0.353. The maximum atomic E-state index is 12.8. The zero-order valence-corrected chi connectivity index (χ0v) is 17.8. The molecule has 0 saturated heterocycles. The first-order chi connectivity index (χ1) is 14.5. The predicted molar refractivity (Wildman–Crippen MR) is 122 cm³/mol. The fraction of sp³-hybridized carbons (Fsp3) is 0.136. The second kappa shape index (κ2) is 9.92. The van der Waals surface area contributed by atoms with Crippen LogP contribution >= 0.6 is 22.9 Å². The SMILES string of the molecule is [C-]#[N+]N(CCC)c1ccc(NC(=O)c2ccccc2NC(=O)c2ccc(Cl)s2)cc1. The molecule has 0 aliphatic rings. The van der Waals surface area contributed by atoms with Crippen molar-refractivity contribution in [3.8, 4) is 0 Å². The Morgan fingerprint density at radius 2 is 1.77 bits per heavy atom. The summed E-state index contributed by atoms with van der Waals surface area (Å²) < 4.78 is 0.519. The smallest absolute Gasteiger partial charge is 0.265 e. The second-order valence-corrected chi connectivity index (χ2v) is 8.04. The third-order valence-corrected chi connectivity index (χ3v) is 5.43. The Balaban J connectivity index is 1.73. The highest BCUT2D eigenvalue weighted by Gasteiger charge is 2.16. The van der Waals surface area contributed by atoms with Crippen LogP contribution in [0.1, 0.15) is 33.4 Å². The van der Waals surface area contributed by atoms with Gasteiger partial charge in [-0.1, -0.05) is 35.7 Å². The minimum atomic E-state index is -0.349. The van der Waals surface area contributed by atoms with E-state index in [2.05, 4.69) is 15.6 Å². The number of para-hydroxylation sites is 1. The molecule has 2 aromatic carbocycles. The van der Waals surface area contributed by atoms with Crippen LogP contribution in [-0.2, 0) is 0 Å². The second-order valence-electron chi connectivity index (χ2n) is 6.33. The number of halogens is 1. The molecule has 0 saturated carbocycles. The monoisotopic (exact) mass is 438 g/mol. The Bertz CT molecular complexity index is 1090. The van der Waals surface area contributed by atoms with Gasteiger partial charge >= 0.3 is 0 Å². The molecule has 2 amide bonds. The lowest BCUT2D eigenvalue weighted by molar-refractivity contribution is 0.102. The number of carbonyl (C=O) groups excluding carboxylic acids is 2. The van der Waals surface area contributed by atoms with Crippen molar-refractivity contribution in [3.05, 3.63) is 87.0 Å². The third-order valence-electron chi connectivity index (χ3n) is 4.20. The van der Waals surface area contributed by atoms with Crippen molar-refractivity contribution in [2.75, 3.05) is 22.2 Å². The standard InChI is InChI=1S/C22H19ClN4O2S/c1-3-14-27(24-2)16-10-8-15(9-11-16)25-21(28)17-6-4-5-7-18(17)26-22(29)19-12-13-20(23)30-19/h4-13H,3,14H2,1H3,(H,25,28)(H,26,29). The summed E-state index contributed by atoms with van der Waals surface area (Å²) in [6.07, 6.45) is 0.862. The zero-order chi connectivity index (χ0) is 21.5. The molecule has 3 rings (SSSR count). The number of amides is 2. The summed E-state index contributed by atoms with van der Waals surface area (Å²) in [7, 11) is 0. The summed E-state index contributed by atoms with van der Waals surface area (Å²) in [5.74, 6) is -0.676. The van der Waals surface area contributed by atoms with Crippen molar-refractivity contribution in [2.24, 2.45) is 0 Å². The van der Waals surface area contributed by atoms with Crippen LogP contribution in [0.4, 0.5) is 17.1 Å². The molecule has 2 N–H and O–H groups in total. The largest absolute Gasteiger partial charge is 0.322 e. The molecule has 1 aromatic heterocycles. The van der Waals surface area contributed by atoms with Crippen LogP contribution in [-0.4, -0.2) is 18.4 Å². The van der Waals surface area contributed by atoms with E-state index >= 15 is 0 Å². The predicted octanol–water partition coefficient (Wildman–Crippen LogP) is 5.96. The van der Waals surface area contributed by atoms with Gasteiger partial charge in [0, 0.05) is 5.69 Å². The van der Waals surface area contributed by atoms with E-state index in [9.17, 15) is 9.59 Å². The first-order valence-electron chi connectivity index (χ1n) is 9.24. The van der Waals surface area contributed by atoms with Gasteiger partial charge in [-0.2, -0.15) is 11.5 Å². The molecule has 0 bridgehead atoms. The van der Waals surface area contributed by atoms with Crippen LogP contribution in [0, 0.1) is 6.57 Å². The summed E-state index contributed by atoms with van der Waals surface area (Å²) in [6.45, 7) is 9.91. The normalized spacial score (nSPS) is 10.2. The summed E-state index contributed by atoms with van der Waals surface area (Å²) >= 11 is 7.06. The molecule has 0 spiro atoms. The van der Waals surface area contributed by atoms with Crippen LogP contribution in [0.5, 0.6) is 0 Å². The molecule has 0 fully saturated rings. The summed E-state index contributed by atoms with van der Waals surface area (Å²) in [4.78, 5) is 29.2. The topological polar surface area (TPSA) is 65.8 Å². The highest BCUT2D eigenvalue weighted by Crippen LogP contribution is 2.24. The van der Waals surface area contributed by atoms with Crippen molar-refractivity contribution >= 4 is 51.8 Å². The summed E-state index contributed by atoms with van der Waals surface area (Å²) in [5.41, 5.74) is 2.11. The van der Waals surface area contributed by atoms with Crippen LogP contribution in [0.25, 0.3) is 4.95 Å². The minimum absolute atomic E-state index is 0.327. The van der Waals surface area contributed by atoms with Crippen LogP contribution in [0.2, 0.25) is 4.34 Å². The molecule has 0 aliphatic heterocycles. The Morgan fingerprint density at radius 3 is 2.40 bits per heavy atom. The van der Waals surface area contributed by atoms with Gasteiger partial charge in [-0.3, -0.25) is 9.59 Å². The zero-order valence-electron chi connectivity index (χ0n) is 16.2. The fourth-order valence-electron chi connectivity index (χ4n) is 2.77. The van der Waals surface area contributed by atoms with E-state index in [0.29, 0.717) is 32.7 Å². The van der Waals surface area contributed by atoms with Crippen LogP contribution < -0.4 is 15.6 Å². The van der Waals surface area contributed by atoms with Gasteiger partial charge in [-0.15, -0.1) is 11.3 Å². The number of thiophene rings is 1. The van der Waals surface area contributed by atoms with Gasteiger partial charge in [0.15, 0.2) is 0 Å². The van der Waals surface area contributed by atoms with Gasteiger partial charge < -0.3 is 10.6 Å². The van der Waals surface area contributed by atoms with E-state index < -0.39 is 0 Å². The lowest BCUT2D eigenvalue weighted by Crippen LogP contribution is -2.18. The first-order valence-corrected chi connectivity index (χ1v) is 10.4. The van der Waals surface area contributed by atoms with Crippen molar-refractivity contribution in [3.63, 3.8) is 0 Å². The molecule has 3 aromatic rings.